The van der Waals surface area contributed by atoms with Gasteiger partial charge in [-0.1, -0.05) is 12.1 Å². The third-order valence-electron chi connectivity index (χ3n) is 4.56. The predicted molar refractivity (Wildman–Crippen MR) is 132 cm³/mol. The standard InChI is InChI=1S/C21H29N5OS.HI/c1-3-22-20(24-15-19-10-9-16(2)28-19)23-14-17-7-6-8-18(13-17)25-21(27)26-11-4-5-12-26;/h6-10,13H,3-5,11-12,14-15H2,1-2H3,(H,25,27)(H2,22,23,24);1H. The molecule has 1 aromatic heterocycles. The maximum absolute atomic E-state index is 12.3. The minimum absolute atomic E-state index is 0. The van der Waals surface area contributed by atoms with E-state index in [0.717, 1.165) is 56.2 Å². The van der Waals surface area contributed by atoms with E-state index in [0.29, 0.717) is 6.54 Å². The number of benzene rings is 1. The van der Waals surface area contributed by atoms with Crippen molar-refractivity contribution in [1.29, 1.82) is 0 Å². The molecule has 1 aromatic carbocycles. The molecule has 3 rings (SSSR count). The molecule has 1 aliphatic heterocycles. The van der Waals surface area contributed by atoms with Gasteiger partial charge in [-0.15, -0.1) is 35.3 Å². The second-order valence-corrected chi connectivity index (χ2v) is 8.26. The lowest BCUT2D eigenvalue weighted by Gasteiger charge is -2.16. The maximum atomic E-state index is 12.3. The molecule has 0 atom stereocenters. The van der Waals surface area contributed by atoms with Gasteiger partial charge < -0.3 is 20.9 Å². The van der Waals surface area contributed by atoms with Crippen LogP contribution in [0.2, 0.25) is 0 Å². The molecule has 1 saturated heterocycles. The van der Waals surface area contributed by atoms with E-state index < -0.39 is 0 Å². The van der Waals surface area contributed by atoms with E-state index in [2.05, 4.69) is 46.9 Å². The molecule has 29 heavy (non-hydrogen) atoms. The number of nitrogens with one attached hydrogen (secondary N) is 3. The fraction of sp³-hybridized carbons (Fsp3) is 0.429. The summed E-state index contributed by atoms with van der Waals surface area (Å²) in [5, 5.41) is 9.65. The molecular weight excluding hydrogens is 497 g/mol. The number of thiophene rings is 1. The molecule has 0 bridgehead atoms. The molecular formula is C21H30IN5OS. The Morgan fingerprint density at radius 2 is 1.97 bits per heavy atom. The fourth-order valence-corrected chi connectivity index (χ4v) is 3.96. The summed E-state index contributed by atoms with van der Waals surface area (Å²) < 4.78 is 0. The molecule has 0 unspecified atom stereocenters. The molecule has 2 heterocycles. The van der Waals surface area contributed by atoms with Gasteiger partial charge in [-0.25, -0.2) is 9.79 Å². The fourth-order valence-electron chi connectivity index (χ4n) is 3.13. The van der Waals surface area contributed by atoms with Crippen LogP contribution in [0.25, 0.3) is 0 Å². The van der Waals surface area contributed by atoms with E-state index in [9.17, 15) is 4.79 Å². The van der Waals surface area contributed by atoms with Crippen LogP contribution in [0.15, 0.2) is 41.4 Å². The van der Waals surface area contributed by atoms with E-state index in [1.54, 1.807) is 11.3 Å². The lowest BCUT2D eigenvalue weighted by Crippen LogP contribution is -2.36. The molecule has 2 amide bonds. The minimum Gasteiger partial charge on any atom is -0.357 e. The lowest BCUT2D eigenvalue weighted by molar-refractivity contribution is 0.222. The number of carbonyl (C=O) groups is 1. The second-order valence-electron chi connectivity index (χ2n) is 6.89. The van der Waals surface area contributed by atoms with Gasteiger partial charge in [0.2, 0.25) is 0 Å². The second kappa shape index (κ2) is 12.0. The van der Waals surface area contributed by atoms with Crippen LogP contribution in [-0.4, -0.2) is 36.5 Å². The first kappa shape index (κ1) is 23.5. The number of guanidine groups is 1. The first-order chi connectivity index (χ1) is 13.6. The van der Waals surface area contributed by atoms with Crippen molar-refractivity contribution in [2.45, 2.75) is 39.8 Å². The van der Waals surface area contributed by atoms with Gasteiger partial charge >= 0.3 is 6.03 Å². The first-order valence-electron chi connectivity index (χ1n) is 9.86. The first-order valence-corrected chi connectivity index (χ1v) is 10.7. The molecule has 1 fully saturated rings. The van der Waals surface area contributed by atoms with Crippen molar-refractivity contribution in [1.82, 2.24) is 15.5 Å². The Bertz CT molecular complexity index is 817. The van der Waals surface area contributed by atoms with Crippen molar-refractivity contribution in [2.75, 3.05) is 25.0 Å². The van der Waals surface area contributed by atoms with E-state index in [4.69, 9.17) is 0 Å². The average Bonchev–Trinajstić information content (AvgIpc) is 3.36. The van der Waals surface area contributed by atoms with Crippen molar-refractivity contribution in [3.8, 4) is 0 Å². The molecule has 0 radical (unpaired) electrons. The summed E-state index contributed by atoms with van der Waals surface area (Å²) >= 11 is 1.79. The van der Waals surface area contributed by atoms with Crippen LogP contribution in [0.3, 0.4) is 0 Å². The monoisotopic (exact) mass is 527 g/mol. The molecule has 6 nitrogen and oxygen atoms in total. The highest BCUT2D eigenvalue weighted by atomic mass is 127. The van der Waals surface area contributed by atoms with Crippen LogP contribution in [-0.2, 0) is 13.1 Å². The van der Waals surface area contributed by atoms with Crippen molar-refractivity contribution >= 4 is 53.0 Å². The van der Waals surface area contributed by atoms with Gasteiger partial charge in [0.1, 0.15) is 0 Å². The Balaban J connectivity index is 0.00000300. The van der Waals surface area contributed by atoms with Gasteiger partial charge in [-0.05, 0) is 56.5 Å². The predicted octanol–water partition coefficient (Wildman–Crippen LogP) is 4.56. The van der Waals surface area contributed by atoms with E-state index in [-0.39, 0.29) is 30.0 Å². The third kappa shape index (κ3) is 7.50. The smallest absolute Gasteiger partial charge is 0.321 e. The highest BCUT2D eigenvalue weighted by Crippen LogP contribution is 2.16. The SMILES string of the molecule is CCNC(=NCc1cccc(NC(=O)N2CCCC2)c1)NCc1ccc(C)s1.I. The highest BCUT2D eigenvalue weighted by Gasteiger charge is 2.17. The molecule has 0 saturated carbocycles. The Hall–Kier alpha value is -1.81. The summed E-state index contributed by atoms with van der Waals surface area (Å²) in [6, 6.07) is 12.2. The van der Waals surface area contributed by atoms with Crippen LogP contribution in [0, 0.1) is 6.92 Å². The Labute approximate surface area is 194 Å². The van der Waals surface area contributed by atoms with Gasteiger partial charge in [0.05, 0.1) is 13.1 Å². The number of hydrogen-bond acceptors (Lipinski definition) is 3. The van der Waals surface area contributed by atoms with Crippen molar-refractivity contribution in [3.05, 3.63) is 51.7 Å². The van der Waals surface area contributed by atoms with Gasteiger partial charge in [-0.2, -0.15) is 0 Å². The number of amides is 2. The Kier molecular flexibility index (Phi) is 9.72. The summed E-state index contributed by atoms with van der Waals surface area (Å²) in [7, 11) is 0. The average molecular weight is 527 g/mol. The zero-order valence-corrected chi connectivity index (χ0v) is 20.2. The zero-order chi connectivity index (χ0) is 19.8. The number of carbonyl (C=O) groups excluding carboxylic acids is 1. The number of aryl methyl sites for hydroxylation is 1. The van der Waals surface area contributed by atoms with E-state index in [1.165, 1.54) is 9.75 Å². The molecule has 2 aromatic rings. The number of halogens is 1. The number of rotatable bonds is 6. The number of aliphatic imine (C=N–C) groups is 1. The summed E-state index contributed by atoms with van der Waals surface area (Å²) in [5.41, 5.74) is 1.88. The van der Waals surface area contributed by atoms with Crippen LogP contribution in [0.1, 0.15) is 35.1 Å². The van der Waals surface area contributed by atoms with E-state index >= 15 is 0 Å². The van der Waals surface area contributed by atoms with Gasteiger partial charge in [0, 0.05) is 35.1 Å². The van der Waals surface area contributed by atoms with Gasteiger partial charge in [0.25, 0.3) is 0 Å². The Morgan fingerprint density at radius 3 is 2.66 bits per heavy atom. The maximum Gasteiger partial charge on any atom is 0.321 e. The topological polar surface area (TPSA) is 68.8 Å². The van der Waals surface area contributed by atoms with Crippen molar-refractivity contribution in [3.63, 3.8) is 0 Å². The number of anilines is 1. The van der Waals surface area contributed by atoms with Crippen molar-refractivity contribution < 1.29 is 4.79 Å². The summed E-state index contributed by atoms with van der Waals surface area (Å²) in [5.74, 6) is 0.792. The molecule has 1 aliphatic rings. The van der Waals surface area contributed by atoms with E-state index in [1.807, 2.05) is 29.2 Å². The summed E-state index contributed by atoms with van der Waals surface area (Å²) in [6.45, 7) is 7.97. The number of likely N-dealkylation sites (tertiary alicyclic amines) is 1. The zero-order valence-electron chi connectivity index (χ0n) is 17.0. The minimum atomic E-state index is -0.0144. The summed E-state index contributed by atoms with van der Waals surface area (Å²) in [4.78, 5) is 21.4. The quantitative estimate of drug-likeness (QED) is 0.293. The molecule has 8 heteroatoms. The van der Waals surface area contributed by atoms with Gasteiger partial charge in [0.15, 0.2) is 5.96 Å². The number of nitrogens with zero attached hydrogens (tertiary/aromatic N) is 2. The largest absolute Gasteiger partial charge is 0.357 e. The Morgan fingerprint density at radius 1 is 1.17 bits per heavy atom. The van der Waals surface area contributed by atoms with Gasteiger partial charge in [-0.3, -0.25) is 0 Å². The normalized spacial score (nSPS) is 13.7. The molecule has 0 aliphatic carbocycles. The van der Waals surface area contributed by atoms with Crippen LogP contribution >= 0.6 is 35.3 Å². The molecule has 3 N–H and O–H groups in total. The molecule has 158 valence electrons. The van der Waals surface area contributed by atoms with Crippen LogP contribution in [0.4, 0.5) is 10.5 Å². The molecule has 0 spiro atoms. The number of urea groups is 1. The van der Waals surface area contributed by atoms with Crippen LogP contribution in [0.5, 0.6) is 0 Å². The third-order valence-corrected chi connectivity index (χ3v) is 5.56. The summed E-state index contributed by atoms with van der Waals surface area (Å²) in [6.07, 6.45) is 2.18. The highest BCUT2D eigenvalue weighted by molar-refractivity contribution is 14.0. The lowest BCUT2D eigenvalue weighted by atomic mass is 10.2. The van der Waals surface area contributed by atoms with Crippen LogP contribution < -0.4 is 16.0 Å². The van der Waals surface area contributed by atoms with Crippen molar-refractivity contribution in [2.24, 2.45) is 4.99 Å². The number of hydrogen-bond donors (Lipinski definition) is 3.